The van der Waals surface area contributed by atoms with Crippen molar-refractivity contribution in [3.05, 3.63) is 94.4 Å². The van der Waals surface area contributed by atoms with Gasteiger partial charge in [0.15, 0.2) is 5.16 Å². The van der Waals surface area contributed by atoms with Crippen molar-refractivity contribution in [1.82, 2.24) is 20.1 Å². The highest BCUT2D eigenvalue weighted by atomic mass is 32.2. The van der Waals surface area contributed by atoms with Gasteiger partial charge in [0.25, 0.3) is 0 Å². The smallest absolute Gasteiger partial charge is 0.230 e. The van der Waals surface area contributed by atoms with E-state index in [0.717, 1.165) is 16.7 Å². The van der Waals surface area contributed by atoms with Crippen molar-refractivity contribution in [2.75, 3.05) is 5.75 Å². The predicted molar refractivity (Wildman–Crippen MR) is 129 cm³/mol. The quantitative estimate of drug-likeness (QED) is 0.345. The first kappa shape index (κ1) is 21.0. The van der Waals surface area contributed by atoms with E-state index in [1.165, 1.54) is 35.0 Å². The van der Waals surface area contributed by atoms with Gasteiger partial charge in [0.05, 0.1) is 11.8 Å². The van der Waals surface area contributed by atoms with Gasteiger partial charge in [-0.1, -0.05) is 66.4 Å². The maximum absolute atomic E-state index is 12.9. The standard InChI is InChI=1S/C25H24N4OS2/c30-23(26-24(19-13-14-19)18-8-3-1-4-9-18)17-32-25-28-27-22(16-21-12-7-15-31-21)29(25)20-10-5-2-6-11-20/h1-12,15,19,24H,13-14,16-17H2,(H,26,30). The van der Waals surface area contributed by atoms with Gasteiger partial charge >= 0.3 is 0 Å². The Morgan fingerprint density at radius 3 is 2.47 bits per heavy atom. The molecule has 1 fully saturated rings. The number of hydrogen-bond acceptors (Lipinski definition) is 5. The number of thiophene rings is 1. The monoisotopic (exact) mass is 460 g/mol. The molecule has 5 nitrogen and oxygen atoms in total. The van der Waals surface area contributed by atoms with Gasteiger partial charge in [0, 0.05) is 17.0 Å². The lowest BCUT2D eigenvalue weighted by molar-refractivity contribution is -0.119. The SMILES string of the molecule is O=C(CSc1nnc(Cc2cccs2)n1-c1ccccc1)NC(c1ccccc1)C1CC1. The van der Waals surface area contributed by atoms with Crippen molar-refractivity contribution in [3.63, 3.8) is 0 Å². The van der Waals surface area contributed by atoms with Gasteiger partial charge in [-0.05, 0) is 47.9 Å². The van der Waals surface area contributed by atoms with Crippen LogP contribution in [0.3, 0.4) is 0 Å². The third-order valence-electron chi connectivity index (χ3n) is 5.53. The highest BCUT2D eigenvalue weighted by molar-refractivity contribution is 7.99. The Balaban J connectivity index is 1.31. The van der Waals surface area contributed by atoms with E-state index in [1.54, 1.807) is 11.3 Å². The van der Waals surface area contributed by atoms with E-state index in [2.05, 4.69) is 43.7 Å². The molecule has 2 aromatic heterocycles. The van der Waals surface area contributed by atoms with E-state index in [9.17, 15) is 4.79 Å². The van der Waals surface area contributed by atoms with Gasteiger partial charge in [-0.15, -0.1) is 21.5 Å². The topological polar surface area (TPSA) is 59.8 Å². The largest absolute Gasteiger partial charge is 0.348 e. The number of benzene rings is 2. The molecule has 0 bridgehead atoms. The van der Waals surface area contributed by atoms with Crippen molar-refractivity contribution < 1.29 is 4.79 Å². The summed E-state index contributed by atoms with van der Waals surface area (Å²) in [5.41, 5.74) is 2.19. The zero-order chi connectivity index (χ0) is 21.8. The van der Waals surface area contributed by atoms with Crippen molar-refractivity contribution in [1.29, 1.82) is 0 Å². The van der Waals surface area contributed by atoms with E-state index in [1.807, 2.05) is 54.6 Å². The number of hydrogen-bond donors (Lipinski definition) is 1. The number of amides is 1. The van der Waals surface area contributed by atoms with E-state index in [-0.39, 0.29) is 11.9 Å². The van der Waals surface area contributed by atoms with Gasteiger partial charge < -0.3 is 5.32 Å². The fourth-order valence-electron chi connectivity index (χ4n) is 3.82. The minimum absolute atomic E-state index is 0.0261. The minimum atomic E-state index is 0.0261. The molecule has 1 atom stereocenters. The molecule has 1 aliphatic carbocycles. The minimum Gasteiger partial charge on any atom is -0.348 e. The molecular weight excluding hydrogens is 436 g/mol. The lowest BCUT2D eigenvalue weighted by atomic mass is 10.0. The molecule has 5 rings (SSSR count). The molecule has 4 aromatic rings. The zero-order valence-corrected chi connectivity index (χ0v) is 19.2. The molecule has 162 valence electrons. The van der Waals surface area contributed by atoms with E-state index in [4.69, 9.17) is 0 Å². The molecule has 1 N–H and O–H groups in total. The fourth-order valence-corrected chi connectivity index (χ4v) is 5.31. The van der Waals surface area contributed by atoms with Crippen LogP contribution in [0.15, 0.2) is 83.3 Å². The highest BCUT2D eigenvalue weighted by Crippen LogP contribution is 2.41. The maximum Gasteiger partial charge on any atom is 0.230 e. The van der Waals surface area contributed by atoms with Crippen LogP contribution in [0.25, 0.3) is 5.69 Å². The van der Waals surface area contributed by atoms with Crippen LogP contribution in [0.2, 0.25) is 0 Å². The summed E-state index contributed by atoms with van der Waals surface area (Å²) in [6.45, 7) is 0. The van der Waals surface area contributed by atoms with E-state index < -0.39 is 0 Å². The molecule has 0 saturated heterocycles. The van der Waals surface area contributed by atoms with Gasteiger partial charge in [0.2, 0.25) is 5.91 Å². The average molecular weight is 461 g/mol. The van der Waals surface area contributed by atoms with Crippen molar-refractivity contribution >= 4 is 29.0 Å². The highest BCUT2D eigenvalue weighted by Gasteiger charge is 2.33. The fraction of sp³-hybridized carbons (Fsp3) is 0.240. The Hall–Kier alpha value is -2.90. The van der Waals surface area contributed by atoms with Crippen LogP contribution in [0.4, 0.5) is 0 Å². The molecule has 1 amide bonds. The molecule has 32 heavy (non-hydrogen) atoms. The van der Waals surface area contributed by atoms with Crippen molar-refractivity contribution in [2.45, 2.75) is 30.5 Å². The molecule has 1 unspecified atom stereocenters. The summed E-state index contributed by atoms with van der Waals surface area (Å²) in [6, 6.07) is 24.6. The van der Waals surface area contributed by atoms with Crippen LogP contribution < -0.4 is 5.32 Å². The maximum atomic E-state index is 12.9. The van der Waals surface area contributed by atoms with E-state index >= 15 is 0 Å². The van der Waals surface area contributed by atoms with Gasteiger partial charge in [-0.2, -0.15) is 0 Å². The summed E-state index contributed by atoms with van der Waals surface area (Å²) in [5, 5.41) is 14.9. The van der Waals surface area contributed by atoms with Crippen molar-refractivity contribution in [2.24, 2.45) is 5.92 Å². The summed E-state index contributed by atoms with van der Waals surface area (Å²) < 4.78 is 2.06. The summed E-state index contributed by atoms with van der Waals surface area (Å²) in [7, 11) is 0. The molecular formula is C25H24N4OS2. The number of rotatable bonds is 9. The molecule has 0 aliphatic heterocycles. The molecule has 1 saturated carbocycles. The molecule has 7 heteroatoms. The molecule has 2 heterocycles. The number of para-hydroxylation sites is 1. The Morgan fingerprint density at radius 1 is 1.03 bits per heavy atom. The first-order valence-electron chi connectivity index (χ1n) is 10.8. The number of thioether (sulfide) groups is 1. The van der Waals surface area contributed by atoms with Crippen LogP contribution in [-0.4, -0.2) is 26.4 Å². The lowest BCUT2D eigenvalue weighted by Crippen LogP contribution is -2.31. The Bertz CT molecular complexity index is 1160. The van der Waals surface area contributed by atoms with Crippen LogP contribution in [0.5, 0.6) is 0 Å². The first-order chi connectivity index (χ1) is 15.8. The zero-order valence-electron chi connectivity index (χ0n) is 17.6. The van der Waals surface area contributed by atoms with Gasteiger partial charge in [-0.25, -0.2) is 0 Å². The normalized spacial score (nSPS) is 14.2. The molecule has 0 radical (unpaired) electrons. The van der Waals surface area contributed by atoms with Crippen LogP contribution in [0.1, 0.15) is 35.1 Å². The van der Waals surface area contributed by atoms with E-state index in [0.29, 0.717) is 18.1 Å². The predicted octanol–water partition coefficient (Wildman–Crippen LogP) is 5.28. The van der Waals surface area contributed by atoms with Gasteiger partial charge in [0.1, 0.15) is 5.82 Å². The second-order valence-corrected chi connectivity index (χ2v) is 9.88. The number of aromatic nitrogens is 3. The summed E-state index contributed by atoms with van der Waals surface area (Å²) in [6.07, 6.45) is 3.05. The Morgan fingerprint density at radius 2 is 1.78 bits per heavy atom. The van der Waals surface area contributed by atoms with Crippen LogP contribution in [0, 0.1) is 5.92 Å². The second-order valence-electron chi connectivity index (χ2n) is 7.91. The summed E-state index contributed by atoms with van der Waals surface area (Å²) in [4.78, 5) is 14.1. The third-order valence-corrected chi connectivity index (χ3v) is 7.33. The molecule has 2 aromatic carbocycles. The van der Waals surface area contributed by atoms with Crippen LogP contribution >= 0.6 is 23.1 Å². The average Bonchev–Trinajstić information content (AvgIpc) is 3.39. The number of carbonyl (C=O) groups excluding carboxylic acids is 1. The molecule has 0 spiro atoms. The number of nitrogens with zero attached hydrogens (tertiary/aromatic N) is 3. The third kappa shape index (κ3) is 4.95. The van der Waals surface area contributed by atoms with Crippen LogP contribution in [-0.2, 0) is 11.2 Å². The Labute approximate surface area is 195 Å². The lowest BCUT2D eigenvalue weighted by Gasteiger charge is -2.18. The molecule has 1 aliphatic rings. The second kappa shape index (κ2) is 9.71. The summed E-state index contributed by atoms with van der Waals surface area (Å²) in [5.74, 6) is 1.75. The Kier molecular flexibility index (Phi) is 6.36. The number of carbonyl (C=O) groups is 1. The van der Waals surface area contributed by atoms with Gasteiger partial charge in [-0.3, -0.25) is 9.36 Å². The number of nitrogens with one attached hydrogen (secondary N) is 1. The van der Waals surface area contributed by atoms with Crippen molar-refractivity contribution in [3.8, 4) is 5.69 Å². The summed E-state index contributed by atoms with van der Waals surface area (Å²) >= 11 is 3.14. The first-order valence-corrected chi connectivity index (χ1v) is 12.6.